The predicted octanol–water partition coefficient (Wildman–Crippen LogP) is 2.65. The molecule has 0 spiro atoms. The highest BCUT2D eigenvalue weighted by Gasteiger charge is 2.21. The first-order chi connectivity index (χ1) is 9.20. The Balaban J connectivity index is 2.68. The van der Waals surface area contributed by atoms with E-state index >= 15 is 0 Å². The molecule has 0 bridgehead atoms. The smallest absolute Gasteiger partial charge is 0.187 e. The van der Waals surface area contributed by atoms with Gasteiger partial charge in [0.05, 0.1) is 5.60 Å². The van der Waals surface area contributed by atoms with Crippen molar-refractivity contribution in [3.8, 4) is 5.69 Å². The van der Waals surface area contributed by atoms with Crippen molar-refractivity contribution in [2.75, 3.05) is 0 Å². The number of halogens is 2. The van der Waals surface area contributed by atoms with E-state index in [2.05, 4.69) is 0 Å². The Bertz CT molecular complexity index is 715. The Hall–Kier alpha value is -2.01. The first-order valence-corrected chi connectivity index (χ1v) is 6.12. The van der Waals surface area contributed by atoms with Crippen LogP contribution in [-0.2, 0) is 5.60 Å². The third kappa shape index (κ3) is 2.63. The lowest BCUT2D eigenvalue weighted by atomic mass is 9.99. The van der Waals surface area contributed by atoms with Gasteiger partial charge < -0.3 is 9.67 Å². The van der Waals surface area contributed by atoms with Crippen molar-refractivity contribution in [1.29, 1.82) is 0 Å². The van der Waals surface area contributed by atoms with Crippen molar-refractivity contribution < 1.29 is 13.9 Å². The number of aromatic nitrogens is 1. The van der Waals surface area contributed by atoms with E-state index in [0.29, 0.717) is 11.4 Å². The fourth-order valence-electron chi connectivity index (χ4n) is 2.00. The van der Waals surface area contributed by atoms with Crippen molar-refractivity contribution in [3.63, 3.8) is 0 Å². The maximum Gasteiger partial charge on any atom is 0.187 e. The zero-order valence-corrected chi connectivity index (χ0v) is 11.4. The lowest BCUT2D eigenvalue weighted by Crippen LogP contribution is -2.27. The van der Waals surface area contributed by atoms with Crippen LogP contribution in [0.4, 0.5) is 8.78 Å². The first kappa shape index (κ1) is 14.4. The molecule has 106 valence electrons. The van der Waals surface area contributed by atoms with Crippen LogP contribution in [0.1, 0.15) is 25.1 Å². The molecule has 0 saturated heterocycles. The van der Waals surface area contributed by atoms with Crippen molar-refractivity contribution in [3.05, 3.63) is 63.6 Å². The van der Waals surface area contributed by atoms with Crippen LogP contribution in [0.25, 0.3) is 5.69 Å². The molecule has 1 N–H and O–H groups in total. The highest BCUT2D eigenvalue weighted by atomic mass is 19.2. The van der Waals surface area contributed by atoms with Gasteiger partial charge in [-0.25, -0.2) is 8.78 Å². The van der Waals surface area contributed by atoms with Crippen molar-refractivity contribution in [1.82, 2.24) is 4.57 Å². The van der Waals surface area contributed by atoms with E-state index in [9.17, 15) is 18.7 Å². The molecule has 2 rings (SSSR count). The quantitative estimate of drug-likeness (QED) is 0.918. The molecule has 0 amide bonds. The fourth-order valence-corrected chi connectivity index (χ4v) is 2.00. The number of pyridine rings is 1. The number of hydrogen-bond acceptors (Lipinski definition) is 2. The Morgan fingerprint density at radius 1 is 1.15 bits per heavy atom. The number of aryl methyl sites for hydroxylation is 1. The minimum atomic E-state index is -1.31. The molecule has 1 heterocycles. The third-order valence-corrected chi connectivity index (χ3v) is 3.08. The minimum Gasteiger partial charge on any atom is -0.386 e. The zero-order valence-electron chi connectivity index (χ0n) is 11.4. The summed E-state index contributed by atoms with van der Waals surface area (Å²) in [6.07, 6.45) is 1.45. The molecule has 0 atom stereocenters. The molecule has 1 aromatic carbocycles. The normalized spacial score (nSPS) is 11.7. The number of nitrogens with zero attached hydrogens (tertiary/aromatic N) is 1. The van der Waals surface area contributed by atoms with Gasteiger partial charge in [-0.05, 0) is 32.9 Å². The van der Waals surface area contributed by atoms with E-state index in [-0.39, 0.29) is 11.0 Å². The number of rotatable bonds is 2. The number of hydrogen-bond donors (Lipinski definition) is 1. The molecule has 0 aliphatic carbocycles. The second-order valence-electron chi connectivity index (χ2n) is 5.22. The third-order valence-electron chi connectivity index (χ3n) is 3.08. The Morgan fingerprint density at radius 3 is 2.35 bits per heavy atom. The van der Waals surface area contributed by atoms with E-state index in [1.807, 2.05) is 0 Å². The molecule has 2 aromatic rings. The second kappa shape index (κ2) is 4.83. The highest BCUT2D eigenvalue weighted by Crippen LogP contribution is 2.20. The minimum absolute atomic E-state index is 0.188. The summed E-state index contributed by atoms with van der Waals surface area (Å²) >= 11 is 0. The van der Waals surface area contributed by atoms with Crippen molar-refractivity contribution in [2.45, 2.75) is 26.4 Å². The number of aliphatic hydroxyl groups is 1. The lowest BCUT2D eigenvalue weighted by Gasteiger charge is -2.20. The average molecular weight is 279 g/mol. The van der Waals surface area contributed by atoms with Gasteiger partial charge in [-0.1, -0.05) is 0 Å². The Morgan fingerprint density at radius 2 is 1.80 bits per heavy atom. The Labute approximate surface area is 115 Å². The van der Waals surface area contributed by atoms with Crippen LogP contribution < -0.4 is 5.43 Å². The van der Waals surface area contributed by atoms with E-state index < -0.39 is 17.2 Å². The summed E-state index contributed by atoms with van der Waals surface area (Å²) in [6.45, 7) is 4.67. The number of benzene rings is 1. The van der Waals surface area contributed by atoms with E-state index in [0.717, 1.165) is 12.1 Å². The highest BCUT2D eigenvalue weighted by molar-refractivity contribution is 5.37. The summed E-state index contributed by atoms with van der Waals surface area (Å²) < 4.78 is 27.8. The summed E-state index contributed by atoms with van der Waals surface area (Å²) in [6, 6.07) is 4.82. The molecular formula is C15H15F2NO2. The fraction of sp³-hybridized carbons (Fsp3) is 0.267. The van der Waals surface area contributed by atoms with E-state index in [4.69, 9.17) is 0 Å². The van der Waals surface area contributed by atoms with Gasteiger partial charge in [0, 0.05) is 35.3 Å². The SMILES string of the molecule is Cc1cc(=O)c(C(C)(C)O)cn1-c1ccc(F)c(F)c1. The molecule has 0 aliphatic rings. The average Bonchev–Trinajstić information content (AvgIpc) is 2.31. The van der Waals surface area contributed by atoms with Gasteiger partial charge in [-0.15, -0.1) is 0 Å². The van der Waals surface area contributed by atoms with Crippen LogP contribution in [0.2, 0.25) is 0 Å². The van der Waals surface area contributed by atoms with E-state index in [1.165, 1.54) is 36.7 Å². The summed E-state index contributed by atoms with van der Waals surface area (Å²) in [7, 11) is 0. The van der Waals surface area contributed by atoms with E-state index in [1.54, 1.807) is 6.92 Å². The molecule has 20 heavy (non-hydrogen) atoms. The van der Waals surface area contributed by atoms with Gasteiger partial charge in [0.15, 0.2) is 17.1 Å². The molecule has 1 aromatic heterocycles. The van der Waals surface area contributed by atoms with Crippen LogP contribution >= 0.6 is 0 Å². The van der Waals surface area contributed by atoms with Crippen LogP contribution in [0.3, 0.4) is 0 Å². The molecule has 0 saturated carbocycles. The summed E-state index contributed by atoms with van der Waals surface area (Å²) in [4.78, 5) is 11.9. The molecule has 0 aliphatic heterocycles. The van der Waals surface area contributed by atoms with Gasteiger partial charge >= 0.3 is 0 Å². The summed E-state index contributed by atoms with van der Waals surface area (Å²) in [5.74, 6) is -1.90. The molecule has 0 fully saturated rings. The second-order valence-corrected chi connectivity index (χ2v) is 5.22. The topological polar surface area (TPSA) is 42.2 Å². The van der Waals surface area contributed by atoms with Gasteiger partial charge in [0.2, 0.25) is 0 Å². The molecule has 0 radical (unpaired) electrons. The standard InChI is InChI=1S/C15H15F2NO2/c1-9-6-14(19)11(15(2,3)20)8-18(9)10-4-5-12(16)13(17)7-10/h4-8,20H,1-3H3. The first-order valence-electron chi connectivity index (χ1n) is 6.12. The molecule has 3 nitrogen and oxygen atoms in total. The van der Waals surface area contributed by atoms with Crippen LogP contribution in [0, 0.1) is 18.6 Å². The molecular weight excluding hydrogens is 264 g/mol. The van der Waals surface area contributed by atoms with Gasteiger partial charge in [0.1, 0.15) is 0 Å². The van der Waals surface area contributed by atoms with Crippen molar-refractivity contribution >= 4 is 0 Å². The maximum absolute atomic E-state index is 13.3. The van der Waals surface area contributed by atoms with Crippen LogP contribution in [-0.4, -0.2) is 9.67 Å². The largest absolute Gasteiger partial charge is 0.386 e. The van der Waals surface area contributed by atoms with Gasteiger partial charge in [-0.3, -0.25) is 4.79 Å². The summed E-state index contributed by atoms with van der Waals surface area (Å²) in [5.41, 5.74) is -0.479. The maximum atomic E-state index is 13.3. The van der Waals surface area contributed by atoms with Gasteiger partial charge in [0.25, 0.3) is 0 Å². The Kier molecular flexibility index (Phi) is 3.48. The van der Waals surface area contributed by atoms with Gasteiger partial charge in [-0.2, -0.15) is 0 Å². The van der Waals surface area contributed by atoms with Crippen LogP contribution in [0.5, 0.6) is 0 Å². The van der Waals surface area contributed by atoms with Crippen molar-refractivity contribution in [2.24, 2.45) is 0 Å². The predicted molar refractivity (Wildman–Crippen MR) is 71.9 cm³/mol. The lowest BCUT2D eigenvalue weighted by molar-refractivity contribution is 0.0769. The zero-order chi connectivity index (χ0) is 15.1. The molecule has 0 unspecified atom stereocenters. The van der Waals surface area contributed by atoms with Crippen LogP contribution in [0.15, 0.2) is 35.3 Å². The summed E-state index contributed by atoms with van der Waals surface area (Å²) in [5, 5.41) is 9.98. The molecule has 5 heteroatoms. The monoisotopic (exact) mass is 279 g/mol.